The fourth-order valence-corrected chi connectivity index (χ4v) is 3.59. The Labute approximate surface area is 136 Å². The summed E-state index contributed by atoms with van der Waals surface area (Å²) in [5.41, 5.74) is 1.90. The monoisotopic (exact) mass is 338 g/mol. The Morgan fingerprint density at radius 3 is 2.71 bits per heavy atom. The zero-order valence-electron chi connectivity index (χ0n) is 13.1. The third-order valence-electron chi connectivity index (χ3n) is 4.75. The van der Waals surface area contributed by atoms with Crippen LogP contribution in [-0.4, -0.2) is 40.2 Å². The lowest BCUT2D eigenvalue weighted by Crippen LogP contribution is -2.51. The van der Waals surface area contributed by atoms with E-state index >= 15 is 0 Å². The molecule has 0 N–H and O–H groups in total. The van der Waals surface area contributed by atoms with Gasteiger partial charge in [0.25, 0.3) is 0 Å². The molecule has 0 radical (unpaired) electrons. The van der Waals surface area contributed by atoms with Crippen molar-refractivity contribution in [3.05, 3.63) is 30.0 Å². The second-order valence-corrected chi connectivity index (χ2v) is 6.53. The molecule has 128 valence electrons. The van der Waals surface area contributed by atoms with Crippen LogP contribution in [0.3, 0.4) is 0 Å². The molecule has 0 saturated heterocycles. The molecule has 4 nitrogen and oxygen atoms in total. The van der Waals surface area contributed by atoms with E-state index in [9.17, 15) is 18.0 Å². The lowest BCUT2D eigenvalue weighted by molar-refractivity contribution is -0.189. The highest BCUT2D eigenvalue weighted by Crippen LogP contribution is 2.38. The minimum atomic E-state index is -4.85. The molecule has 1 aliphatic heterocycles. The summed E-state index contributed by atoms with van der Waals surface area (Å²) in [6.45, 7) is 0.0792. The van der Waals surface area contributed by atoms with Gasteiger partial charge in [-0.05, 0) is 37.0 Å². The van der Waals surface area contributed by atoms with E-state index in [-0.39, 0.29) is 12.6 Å². The van der Waals surface area contributed by atoms with Crippen LogP contribution >= 0.6 is 0 Å². The lowest BCUT2D eigenvalue weighted by atomic mass is 10.0. The van der Waals surface area contributed by atoms with Crippen LogP contribution in [0.5, 0.6) is 5.75 Å². The Morgan fingerprint density at radius 1 is 1.29 bits per heavy atom. The zero-order valence-corrected chi connectivity index (χ0v) is 13.1. The number of hydrogen-bond donors (Lipinski definition) is 0. The molecule has 2 aliphatic rings. The minimum Gasteiger partial charge on any atom is -0.491 e. The van der Waals surface area contributed by atoms with Crippen molar-refractivity contribution in [3.63, 3.8) is 0 Å². The molecule has 1 saturated carbocycles. The highest BCUT2D eigenvalue weighted by molar-refractivity contribution is 5.90. The quantitative estimate of drug-likeness (QED) is 0.844. The van der Waals surface area contributed by atoms with E-state index in [2.05, 4.69) is 0 Å². The number of amides is 1. The van der Waals surface area contributed by atoms with Crippen LogP contribution in [0.15, 0.2) is 24.4 Å². The molecule has 2 heterocycles. The summed E-state index contributed by atoms with van der Waals surface area (Å²) in [5, 5.41) is 0.928. The largest absolute Gasteiger partial charge is 0.491 e. The van der Waals surface area contributed by atoms with Gasteiger partial charge in [-0.3, -0.25) is 4.79 Å². The Hall–Kier alpha value is -2.18. The highest BCUT2D eigenvalue weighted by atomic mass is 19.4. The van der Waals surface area contributed by atoms with E-state index in [4.69, 9.17) is 4.74 Å². The highest BCUT2D eigenvalue weighted by Gasteiger charge is 2.50. The summed E-state index contributed by atoms with van der Waals surface area (Å²) >= 11 is 0. The number of hydrogen-bond acceptors (Lipinski definition) is 2. The fourth-order valence-electron chi connectivity index (χ4n) is 3.59. The molecule has 1 unspecified atom stereocenters. The summed E-state index contributed by atoms with van der Waals surface area (Å²) in [7, 11) is 1.89. The second-order valence-electron chi connectivity index (χ2n) is 6.53. The average molecular weight is 338 g/mol. The summed E-state index contributed by atoms with van der Waals surface area (Å²) in [6.07, 6.45) is -1.33. The Bertz CT molecular complexity index is 808. The van der Waals surface area contributed by atoms with Gasteiger partial charge in [-0.1, -0.05) is 6.07 Å². The first-order valence-electron chi connectivity index (χ1n) is 7.95. The average Bonchev–Trinajstić information content (AvgIpc) is 3.31. The maximum absolute atomic E-state index is 13.0. The number of carbonyl (C=O) groups excluding carboxylic acids is 1. The van der Waals surface area contributed by atoms with Crippen LogP contribution < -0.4 is 4.74 Å². The fraction of sp³-hybridized carbons (Fsp3) is 0.471. The number of ether oxygens (including phenoxy) is 1. The predicted octanol–water partition coefficient (Wildman–Crippen LogP) is 3.04. The van der Waals surface area contributed by atoms with Gasteiger partial charge >= 0.3 is 12.1 Å². The molecule has 1 aliphatic carbocycles. The van der Waals surface area contributed by atoms with Gasteiger partial charge in [0.2, 0.25) is 0 Å². The molecule has 24 heavy (non-hydrogen) atoms. The zero-order chi connectivity index (χ0) is 17.1. The van der Waals surface area contributed by atoms with Gasteiger partial charge in [0, 0.05) is 24.7 Å². The minimum absolute atomic E-state index is 0.0792. The molecule has 0 bridgehead atoms. The first-order valence-corrected chi connectivity index (χ1v) is 7.95. The smallest absolute Gasteiger partial charge is 0.471 e. The van der Waals surface area contributed by atoms with E-state index in [0.717, 1.165) is 21.4 Å². The SMILES string of the molecule is Cn1cc2c3c(cccc31)OCC(N(C(=O)C(F)(F)F)C1CC1)C2. The topological polar surface area (TPSA) is 34.5 Å². The molecule has 1 fully saturated rings. The van der Waals surface area contributed by atoms with Crippen LogP contribution in [0.25, 0.3) is 10.9 Å². The van der Waals surface area contributed by atoms with Crippen LogP contribution in [0, 0.1) is 0 Å². The normalized spacial score (nSPS) is 20.6. The van der Waals surface area contributed by atoms with Gasteiger partial charge in [-0.25, -0.2) is 0 Å². The van der Waals surface area contributed by atoms with Crippen molar-refractivity contribution < 1.29 is 22.7 Å². The maximum Gasteiger partial charge on any atom is 0.471 e. The van der Waals surface area contributed by atoms with E-state index in [1.807, 2.05) is 36.0 Å². The van der Waals surface area contributed by atoms with Gasteiger partial charge < -0.3 is 14.2 Å². The maximum atomic E-state index is 13.0. The van der Waals surface area contributed by atoms with Gasteiger partial charge in [0.1, 0.15) is 12.4 Å². The molecular formula is C17H17F3N2O2. The van der Waals surface area contributed by atoms with Crippen molar-refractivity contribution in [2.45, 2.75) is 37.5 Å². The molecular weight excluding hydrogens is 321 g/mol. The van der Waals surface area contributed by atoms with Crippen LogP contribution in [0.4, 0.5) is 13.2 Å². The number of carbonyl (C=O) groups is 1. The number of aromatic nitrogens is 1. The molecule has 7 heteroatoms. The molecule has 1 atom stereocenters. The van der Waals surface area contributed by atoms with Crippen LogP contribution in [-0.2, 0) is 18.3 Å². The van der Waals surface area contributed by atoms with Crippen molar-refractivity contribution >= 4 is 16.8 Å². The molecule has 4 rings (SSSR count). The van der Waals surface area contributed by atoms with Crippen LogP contribution in [0.2, 0.25) is 0 Å². The molecule has 1 amide bonds. The first kappa shape index (κ1) is 15.4. The standard InChI is InChI=1S/C17H17F3N2O2/c1-21-8-10-7-12(9-24-14-4-2-3-13(21)15(10)14)22(11-5-6-11)16(23)17(18,19)20/h2-4,8,11-12H,5-7,9H2,1H3. The third-order valence-corrected chi connectivity index (χ3v) is 4.75. The van der Waals surface area contributed by atoms with Crippen molar-refractivity contribution in [1.82, 2.24) is 9.47 Å². The Balaban J connectivity index is 1.72. The molecule has 1 aromatic carbocycles. The molecule has 0 spiro atoms. The number of halogens is 3. The number of alkyl halides is 3. The lowest BCUT2D eigenvalue weighted by Gasteiger charge is -2.31. The third kappa shape index (κ3) is 2.42. The van der Waals surface area contributed by atoms with E-state index in [1.54, 1.807) is 0 Å². The van der Waals surface area contributed by atoms with Gasteiger partial charge in [0.15, 0.2) is 0 Å². The predicted molar refractivity (Wildman–Crippen MR) is 81.8 cm³/mol. The number of benzene rings is 1. The number of nitrogens with zero attached hydrogens (tertiary/aromatic N) is 2. The molecule has 1 aromatic heterocycles. The Morgan fingerprint density at radius 2 is 2.04 bits per heavy atom. The number of rotatable bonds is 2. The van der Waals surface area contributed by atoms with E-state index in [0.29, 0.717) is 25.0 Å². The summed E-state index contributed by atoms with van der Waals surface area (Å²) in [6, 6.07) is 4.70. The number of aryl methyl sites for hydroxylation is 1. The van der Waals surface area contributed by atoms with Gasteiger partial charge in [0.05, 0.1) is 11.6 Å². The summed E-state index contributed by atoms with van der Waals surface area (Å²) in [5.74, 6) is -1.09. The van der Waals surface area contributed by atoms with E-state index < -0.39 is 18.1 Å². The second kappa shape index (κ2) is 5.16. The molecule has 2 aromatic rings. The van der Waals surface area contributed by atoms with Gasteiger partial charge in [-0.2, -0.15) is 13.2 Å². The summed E-state index contributed by atoms with van der Waals surface area (Å²) in [4.78, 5) is 12.9. The summed E-state index contributed by atoms with van der Waals surface area (Å²) < 4.78 is 46.7. The van der Waals surface area contributed by atoms with Gasteiger partial charge in [-0.15, -0.1) is 0 Å². The van der Waals surface area contributed by atoms with Crippen LogP contribution in [0.1, 0.15) is 18.4 Å². The van der Waals surface area contributed by atoms with Crippen molar-refractivity contribution in [2.24, 2.45) is 7.05 Å². The van der Waals surface area contributed by atoms with Crippen molar-refractivity contribution in [2.75, 3.05) is 6.61 Å². The van der Waals surface area contributed by atoms with E-state index in [1.165, 1.54) is 0 Å². The Kier molecular flexibility index (Phi) is 3.30. The van der Waals surface area contributed by atoms with Crippen molar-refractivity contribution in [3.8, 4) is 5.75 Å². The first-order chi connectivity index (χ1) is 11.4. The van der Waals surface area contributed by atoms with Crippen molar-refractivity contribution in [1.29, 1.82) is 0 Å².